The first-order chi connectivity index (χ1) is 17.2. The number of piperidine rings is 1. The van der Waals surface area contributed by atoms with Crippen LogP contribution in [0.1, 0.15) is 37.6 Å². The van der Waals surface area contributed by atoms with Crippen LogP contribution < -0.4 is 16.0 Å². The second-order valence-corrected chi connectivity index (χ2v) is 8.69. The van der Waals surface area contributed by atoms with Crippen LogP contribution in [0.2, 0.25) is 0 Å². The average Bonchev–Trinajstić information content (AvgIpc) is 3.24. The molecule has 0 aliphatic carbocycles. The van der Waals surface area contributed by atoms with Gasteiger partial charge < -0.3 is 35.4 Å². The van der Waals surface area contributed by atoms with Crippen LogP contribution in [0.3, 0.4) is 0 Å². The topological polar surface area (TPSA) is 157 Å². The molecular formula is C24H32N6O6. The number of hydrogen-bond donors (Lipinski definition) is 3. The molecule has 0 radical (unpaired) electrons. The molecule has 1 aliphatic rings. The van der Waals surface area contributed by atoms with Crippen molar-refractivity contribution in [2.75, 3.05) is 19.7 Å². The molecule has 12 heteroatoms. The molecule has 3 N–H and O–H groups in total. The van der Waals surface area contributed by atoms with E-state index in [1.165, 1.54) is 10.8 Å². The number of rotatable bonds is 11. The van der Waals surface area contributed by atoms with Crippen LogP contribution in [0.25, 0.3) is 0 Å². The first-order valence-corrected chi connectivity index (χ1v) is 12.0. The SMILES string of the molecule is CCOC(=O)C(Cc1ccccc1)NC(=O)C1(NC(=O)CCn2cc([N+](=O)[O-])nc2C)CCNCC1. The van der Waals surface area contributed by atoms with Gasteiger partial charge in [-0.1, -0.05) is 30.3 Å². The van der Waals surface area contributed by atoms with E-state index in [9.17, 15) is 24.5 Å². The second kappa shape index (κ2) is 12.2. The van der Waals surface area contributed by atoms with Crippen molar-refractivity contribution in [2.45, 2.75) is 57.7 Å². The summed E-state index contributed by atoms with van der Waals surface area (Å²) in [6.07, 6.45) is 2.24. The number of hydrogen-bond acceptors (Lipinski definition) is 8. The molecule has 1 atom stereocenters. The third kappa shape index (κ3) is 6.87. The smallest absolute Gasteiger partial charge is 0.381 e. The number of nitro groups is 1. The van der Waals surface area contributed by atoms with Crippen LogP contribution in [-0.4, -0.2) is 63.5 Å². The Bertz CT molecular complexity index is 1080. The number of aromatic nitrogens is 2. The van der Waals surface area contributed by atoms with E-state index in [0.29, 0.717) is 31.8 Å². The van der Waals surface area contributed by atoms with Crippen LogP contribution in [0, 0.1) is 17.0 Å². The van der Waals surface area contributed by atoms with Gasteiger partial charge in [0, 0.05) is 26.3 Å². The number of ether oxygens (including phenoxy) is 1. The fourth-order valence-corrected chi connectivity index (χ4v) is 4.20. The zero-order chi connectivity index (χ0) is 26.1. The Kier molecular flexibility index (Phi) is 9.12. The highest BCUT2D eigenvalue weighted by Gasteiger charge is 2.42. The van der Waals surface area contributed by atoms with E-state index in [4.69, 9.17) is 4.74 Å². The van der Waals surface area contributed by atoms with Gasteiger partial charge >= 0.3 is 11.8 Å². The molecular weight excluding hydrogens is 468 g/mol. The number of aryl methyl sites for hydroxylation is 2. The molecule has 1 aromatic carbocycles. The van der Waals surface area contributed by atoms with E-state index >= 15 is 0 Å². The first-order valence-electron chi connectivity index (χ1n) is 12.0. The maximum atomic E-state index is 13.5. The van der Waals surface area contributed by atoms with Gasteiger partial charge in [-0.25, -0.2) is 4.79 Å². The van der Waals surface area contributed by atoms with Crippen LogP contribution in [0.4, 0.5) is 5.82 Å². The Morgan fingerprint density at radius 1 is 1.25 bits per heavy atom. The molecule has 1 fully saturated rings. The lowest BCUT2D eigenvalue weighted by atomic mass is 9.86. The molecule has 12 nitrogen and oxygen atoms in total. The molecule has 36 heavy (non-hydrogen) atoms. The summed E-state index contributed by atoms with van der Waals surface area (Å²) in [6.45, 7) is 4.71. The van der Waals surface area contributed by atoms with Gasteiger partial charge in [0.15, 0.2) is 0 Å². The predicted octanol–water partition coefficient (Wildman–Crippen LogP) is 1.02. The number of esters is 1. The minimum atomic E-state index is -1.19. The van der Waals surface area contributed by atoms with Gasteiger partial charge in [0.2, 0.25) is 17.6 Å². The molecule has 194 valence electrons. The lowest BCUT2D eigenvalue weighted by Gasteiger charge is -2.38. The van der Waals surface area contributed by atoms with E-state index in [0.717, 1.165) is 5.56 Å². The highest BCUT2D eigenvalue weighted by Crippen LogP contribution is 2.20. The summed E-state index contributed by atoms with van der Waals surface area (Å²) < 4.78 is 6.72. The Morgan fingerprint density at radius 3 is 2.56 bits per heavy atom. The Labute approximate surface area is 208 Å². The van der Waals surface area contributed by atoms with Gasteiger partial charge in [0.05, 0.1) is 6.61 Å². The molecule has 0 saturated carbocycles. The number of amides is 2. The van der Waals surface area contributed by atoms with Gasteiger partial charge in [0.1, 0.15) is 17.8 Å². The van der Waals surface area contributed by atoms with Crippen molar-refractivity contribution in [1.82, 2.24) is 25.5 Å². The predicted molar refractivity (Wildman–Crippen MR) is 130 cm³/mol. The third-order valence-electron chi connectivity index (χ3n) is 6.16. The van der Waals surface area contributed by atoms with Crippen molar-refractivity contribution in [3.8, 4) is 0 Å². The summed E-state index contributed by atoms with van der Waals surface area (Å²) in [6, 6.07) is 8.39. The summed E-state index contributed by atoms with van der Waals surface area (Å²) in [5.41, 5.74) is -0.330. The van der Waals surface area contributed by atoms with E-state index in [-0.39, 0.29) is 37.7 Å². The number of carbonyl (C=O) groups is 3. The number of carbonyl (C=O) groups excluding carboxylic acids is 3. The van der Waals surface area contributed by atoms with E-state index in [1.54, 1.807) is 13.8 Å². The monoisotopic (exact) mass is 500 g/mol. The summed E-state index contributed by atoms with van der Waals surface area (Å²) in [5, 5.41) is 19.8. The van der Waals surface area contributed by atoms with Gasteiger partial charge in [0.25, 0.3) is 0 Å². The zero-order valence-corrected chi connectivity index (χ0v) is 20.5. The van der Waals surface area contributed by atoms with Crippen molar-refractivity contribution in [1.29, 1.82) is 0 Å². The average molecular weight is 501 g/mol. The number of imidazole rings is 1. The number of nitrogens with one attached hydrogen (secondary N) is 3. The maximum Gasteiger partial charge on any atom is 0.381 e. The highest BCUT2D eigenvalue weighted by atomic mass is 16.6. The summed E-state index contributed by atoms with van der Waals surface area (Å²) in [7, 11) is 0. The first kappa shape index (κ1) is 26.8. The van der Waals surface area contributed by atoms with Gasteiger partial charge in [-0.3, -0.25) is 9.59 Å². The molecule has 1 aromatic heterocycles. The maximum absolute atomic E-state index is 13.5. The highest BCUT2D eigenvalue weighted by molar-refractivity contribution is 5.94. The Morgan fingerprint density at radius 2 is 1.94 bits per heavy atom. The third-order valence-corrected chi connectivity index (χ3v) is 6.16. The van der Waals surface area contributed by atoms with Crippen molar-refractivity contribution in [2.24, 2.45) is 0 Å². The second-order valence-electron chi connectivity index (χ2n) is 8.69. The fraction of sp³-hybridized carbons (Fsp3) is 0.500. The molecule has 2 heterocycles. The van der Waals surface area contributed by atoms with Crippen molar-refractivity contribution in [3.05, 3.63) is 58.0 Å². The van der Waals surface area contributed by atoms with E-state index in [1.807, 2.05) is 30.3 Å². The number of benzene rings is 1. The zero-order valence-electron chi connectivity index (χ0n) is 20.5. The minimum absolute atomic E-state index is 0.00212. The molecule has 1 unspecified atom stereocenters. The van der Waals surface area contributed by atoms with E-state index in [2.05, 4.69) is 20.9 Å². The Hall–Kier alpha value is -3.80. The van der Waals surface area contributed by atoms with E-state index < -0.39 is 28.4 Å². The normalized spacial score (nSPS) is 15.5. The van der Waals surface area contributed by atoms with Gasteiger partial charge in [-0.2, -0.15) is 0 Å². The minimum Gasteiger partial charge on any atom is -0.464 e. The molecule has 0 spiro atoms. The van der Waals surface area contributed by atoms with Gasteiger partial charge in [-0.05, 0) is 48.3 Å². The summed E-state index contributed by atoms with van der Waals surface area (Å²) in [5.74, 6) is -1.23. The van der Waals surface area contributed by atoms with Crippen LogP contribution in [0.15, 0.2) is 36.5 Å². The molecule has 1 aliphatic heterocycles. The molecule has 3 rings (SSSR count). The van der Waals surface area contributed by atoms with Crippen molar-refractivity contribution >= 4 is 23.6 Å². The fourth-order valence-electron chi connectivity index (χ4n) is 4.20. The quantitative estimate of drug-likeness (QED) is 0.234. The van der Waals surface area contributed by atoms with Crippen molar-refractivity contribution in [3.63, 3.8) is 0 Å². The largest absolute Gasteiger partial charge is 0.464 e. The molecule has 2 amide bonds. The lowest BCUT2D eigenvalue weighted by Crippen LogP contribution is -2.64. The van der Waals surface area contributed by atoms with Crippen molar-refractivity contribution < 1.29 is 24.0 Å². The summed E-state index contributed by atoms with van der Waals surface area (Å²) in [4.78, 5) is 53.3. The summed E-state index contributed by atoms with van der Waals surface area (Å²) >= 11 is 0. The molecule has 1 saturated heterocycles. The standard InChI is InChI=1S/C24H32N6O6/c1-3-36-22(32)19(15-18-7-5-4-6-8-18)27-23(33)24(10-12-25-13-11-24)28-21(31)9-14-29-16-20(30(34)35)26-17(29)2/h4-8,16,19,25H,3,9-15H2,1-2H3,(H,27,33)(H,28,31). The van der Waals surface area contributed by atoms with Gasteiger partial charge in [-0.15, -0.1) is 0 Å². The number of nitrogens with zero attached hydrogens (tertiary/aromatic N) is 3. The Balaban J connectivity index is 1.71. The molecule has 0 bridgehead atoms. The van der Waals surface area contributed by atoms with Crippen LogP contribution >= 0.6 is 0 Å². The van der Waals surface area contributed by atoms with Crippen LogP contribution in [-0.2, 0) is 32.1 Å². The van der Waals surface area contributed by atoms with Crippen LogP contribution in [0.5, 0.6) is 0 Å². The lowest BCUT2D eigenvalue weighted by molar-refractivity contribution is -0.389. The molecule has 2 aromatic rings.